The van der Waals surface area contributed by atoms with Gasteiger partial charge in [0.2, 0.25) is 0 Å². The van der Waals surface area contributed by atoms with Gasteiger partial charge in [-0.1, -0.05) is 6.07 Å². The lowest BCUT2D eigenvalue weighted by atomic mass is 10.1. The Bertz CT molecular complexity index is 1340. The Hall–Kier alpha value is -3.92. The minimum absolute atomic E-state index is 0.0656. The van der Waals surface area contributed by atoms with Crippen molar-refractivity contribution in [1.29, 1.82) is 0 Å². The molecule has 0 unspecified atom stereocenters. The quantitative estimate of drug-likeness (QED) is 0.431. The molecule has 0 aliphatic carbocycles. The van der Waals surface area contributed by atoms with Crippen LogP contribution in [0.5, 0.6) is 0 Å². The molecule has 0 saturated carbocycles. The molecule has 34 heavy (non-hydrogen) atoms. The summed E-state index contributed by atoms with van der Waals surface area (Å²) in [5, 5.41) is 10.9. The number of aromatic amines is 1. The monoisotopic (exact) mass is 467 g/mol. The highest BCUT2D eigenvalue weighted by Crippen LogP contribution is 2.26. The minimum Gasteiger partial charge on any atom is -0.378 e. The van der Waals surface area contributed by atoms with E-state index >= 15 is 0 Å². The number of nitrogens with one attached hydrogen (secondary N) is 2. The molecule has 1 saturated heterocycles. The van der Waals surface area contributed by atoms with E-state index < -0.39 is 17.5 Å². The van der Waals surface area contributed by atoms with E-state index in [9.17, 15) is 18.0 Å². The smallest absolute Gasteiger partial charge is 0.254 e. The van der Waals surface area contributed by atoms with Crippen molar-refractivity contribution in [1.82, 2.24) is 20.1 Å². The Morgan fingerprint density at radius 1 is 1.06 bits per heavy atom. The Morgan fingerprint density at radius 2 is 1.82 bits per heavy atom. The maximum Gasteiger partial charge on any atom is 0.254 e. The number of hydrogen-bond acceptors (Lipinski definition) is 5. The van der Waals surface area contributed by atoms with Crippen LogP contribution in [-0.2, 0) is 11.2 Å². The van der Waals surface area contributed by atoms with Crippen molar-refractivity contribution in [2.75, 3.05) is 31.6 Å². The SMILES string of the molecule is O=C(c1cccc(Nc2[nH]nc3ncc(Cc4cc(F)c(F)c(F)c4)cc23)c1)N1CCOCC1. The summed E-state index contributed by atoms with van der Waals surface area (Å²) in [7, 11) is 0. The van der Waals surface area contributed by atoms with E-state index in [4.69, 9.17) is 4.74 Å². The molecule has 2 aromatic carbocycles. The Balaban J connectivity index is 1.38. The highest BCUT2D eigenvalue weighted by Gasteiger charge is 2.19. The van der Waals surface area contributed by atoms with Crippen molar-refractivity contribution < 1.29 is 22.7 Å². The molecule has 3 heterocycles. The van der Waals surface area contributed by atoms with Gasteiger partial charge in [0.25, 0.3) is 5.91 Å². The molecule has 2 aromatic heterocycles. The van der Waals surface area contributed by atoms with Crippen LogP contribution in [0.15, 0.2) is 48.7 Å². The van der Waals surface area contributed by atoms with Crippen LogP contribution in [0.1, 0.15) is 21.5 Å². The second-order valence-electron chi connectivity index (χ2n) is 7.97. The van der Waals surface area contributed by atoms with E-state index in [1.807, 2.05) is 6.07 Å². The standard InChI is InChI=1S/C24H20F3N5O2/c25-19-10-14(11-20(26)21(19)27)8-15-9-18-22(28-13-15)30-31-23(18)29-17-3-1-2-16(12-17)24(33)32-4-6-34-7-5-32/h1-3,9-13H,4-8H2,(H2,28,29,30,31). The van der Waals surface area contributed by atoms with Gasteiger partial charge in [-0.05, 0) is 53.9 Å². The van der Waals surface area contributed by atoms with E-state index in [1.54, 1.807) is 35.4 Å². The first kappa shape index (κ1) is 21.9. The van der Waals surface area contributed by atoms with E-state index in [2.05, 4.69) is 20.5 Å². The molecule has 0 atom stereocenters. The van der Waals surface area contributed by atoms with Crippen LogP contribution in [0.4, 0.5) is 24.7 Å². The third-order valence-electron chi connectivity index (χ3n) is 5.60. The van der Waals surface area contributed by atoms with Crippen molar-refractivity contribution in [3.63, 3.8) is 0 Å². The normalized spacial score (nSPS) is 13.9. The molecule has 7 nitrogen and oxygen atoms in total. The number of fused-ring (bicyclic) bond motifs is 1. The second kappa shape index (κ2) is 9.14. The maximum atomic E-state index is 13.6. The average Bonchev–Trinajstić information content (AvgIpc) is 3.24. The molecule has 10 heteroatoms. The molecule has 1 fully saturated rings. The molecule has 1 aliphatic rings. The minimum atomic E-state index is -1.49. The first-order valence-electron chi connectivity index (χ1n) is 10.7. The number of ether oxygens (including phenoxy) is 1. The summed E-state index contributed by atoms with van der Waals surface area (Å²) in [6.45, 7) is 2.16. The van der Waals surface area contributed by atoms with Gasteiger partial charge in [-0.25, -0.2) is 18.2 Å². The van der Waals surface area contributed by atoms with Gasteiger partial charge in [0.1, 0.15) is 5.82 Å². The molecule has 0 bridgehead atoms. The summed E-state index contributed by atoms with van der Waals surface area (Å²) in [5.74, 6) is -3.48. The number of nitrogens with zero attached hydrogens (tertiary/aromatic N) is 3. The van der Waals surface area contributed by atoms with Gasteiger partial charge in [-0.3, -0.25) is 9.89 Å². The number of halogens is 3. The number of hydrogen-bond donors (Lipinski definition) is 2. The summed E-state index contributed by atoms with van der Waals surface area (Å²) in [6, 6.07) is 10.8. The van der Waals surface area contributed by atoms with Crippen LogP contribution in [0.3, 0.4) is 0 Å². The summed E-state index contributed by atoms with van der Waals surface area (Å²) < 4.78 is 45.7. The highest BCUT2D eigenvalue weighted by molar-refractivity contribution is 5.96. The number of anilines is 2. The number of pyridine rings is 1. The molecular formula is C24H20F3N5O2. The van der Waals surface area contributed by atoms with Gasteiger partial charge in [-0.2, -0.15) is 5.10 Å². The maximum absolute atomic E-state index is 13.6. The zero-order chi connectivity index (χ0) is 23.7. The molecule has 0 radical (unpaired) electrons. The van der Waals surface area contributed by atoms with Gasteiger partial charge in [0.05, 0.1) is 18.6 Å². The summed E-state index contributed by atoms with van der Waals surface area (Å²) in [6.07, 6.45) is 1.71. The van der Waals surface area contributed by atoms with Crippen molar-refractivity contribution >= 4 is 28.4 Å². The first-order valence-corrected chi connectivity index (χ1v) is 10.7. The summed E-state index contributed by atoms with van der Waals surface area (Å²) >= 11 is 0. The zero-order valence-corrected chi connectivity index (χ0v) is 17.9. The fourth-order valence-corrected chi connectivity index (χ4v) is 3.90. The molecule has 174 valence electrons. The molecule has 4 aromatic rings. The molecule has 1 amide bonds. The number of morpholine rings is 1. The van der Waals surface area contributed by atoms with E-state index in [0.29, 0.717) is 60.0 Å². The predicted octanol–water partition coefficient (Wildman–Crippen LogP) is 4.18. The Morgan fingerprint density at radius 3 is 2.59 bits per heavy atom. The van der Waals surface area contributed by atoms with Gasteiger partial charge >= 0.3 is 0 Å². The second-order valence-corrected chi connectivity index (χ2v) is 7.97. The van der Waals surface area contributed by atoms with Crippen molar-refractivity contribution in [2.45, 2.75) is 6.42 Å². The van der Waals surface area contributed by atoms with E-state index in [0.717, 1.165) is 12.1 Å². The highest BCUT2D eigenvalue weighted by atomic mass is 19.2. The molecule has 2 N–H and O–H groups in total. The number of amides is 1. The lowest BCUT2D eigenvalue weighted by Crippen LogP contribution is -2.40. The van der Waals surface area contributed by atoms with Gasteiger partial charge in [0, 0.05) is 30.5 Å². The third-order valence-corrected chi connectivity index (χ3v) is 5.60. The number of carbonyl (C=O) groups excluding carboxylic acids is 1. The number of aromatic nitrogens is 3. The molecule has 0 spiro atoms. The fraction of sp³-hybridized carbons (Fsp3) is 0.208. The number of benzene rings is 2. The van der Waals surface area contributed by atoms with E-state index in [1.165, 1.54) is 0 Å². The van der Waals surface area contributed by atoms with Crippen LogP contribution in [-0.4, -0.2) is 52.3 Å². The van der Waals surface area contributed by atoms with Crippen LogP contribution in [0.2, 0.25) is 0 Å². The molecular weight excluding hydrogens is 447 g/mol. The van der Waals surface area contributed by atoms with Crippen LogP contribution >= 0.6 is 0 Å². The predicted molar refractivity (Wildman–Crippen MR) is 119 cm³/mol. The van der Waals surface area contributed by atoms with Crippen molar-refractivity contribution in [2.24, 2.45) is 0 Å². The topological polar surface area (TPSA) is 83.1 Å². The number of rotatable bonds is 5. The van der Waals surface area contributed by atoms with Crippen molar-refractivity contribution in [3.05, 3.63) is 82.8 Å². The lowest BCUT2D eigenvalue weighted by molar-refractivity contribution is 0.0303. The summed E-state index contributed by atoms with van der Waals surface area (Å²) in [5.41, 5.74) is 2.62. The Labute approximate surface area is 192 Å². The van der Waals surface area contributed by atoms with Crippen molar-refractivity contribution in [3.8, 4) is 0 Å². The number of carbonyl (C=O) groups is 1. The van der Waals surface area contributed by atoms with Gasteiger partial charge in [0.15, 0.2) is 23.1 Å². The van der Waals surface area contributed by atoms with E-state index in [-0.39, 0.29) is 17.9 Å². The van der Waals surface area contributed by atoms with Gasteiger partial charge < -0.3 is 15.0 Å². The molecule has 5 rings (SSSR count). The zero-order valence-electron chi connectivity index (χ0n) is 17.9. The van der Waals surface area contributed by atoms with Crippen LogP contribution in [0.25, 0.3) is 11.0 Å². The summed E-state index contributed by atoms with van der Waals surface area (Å²) in [4.78, 5) is 18.8. The van der Waals surface area contributed by atoms with Crippen LogP contribution < -0.4 is 5.32 Å². The third kappa shape index (κ3) is 4.44. The van der Waals surface area contributed by atoms with Crippen LogP contribution in [0, 0.1) is 17.5 Å². The lowest BCUT2D eigenvalue weighted by Gasteiger charge is -2.27. The van der Waals surface area contributed by atoms with Gasteiger partial charge in [-0.15, -0.1) is 0 Å². The average molecular weight is 467 g/mol. The number of H-pyrrole nitrogens is 1. The fourth-order valence-electron chi connectivity index (χ4n) is 3.90. The largest absolute Gasteiger partial charge is 0.378 e. The molecule has 1 aliphatic heterocycles. The first-order chi connectivity index (χ1) is 16.5. The Kier molecular flexibility index (Phi) is 5.89.